The molecule has 1 aliphatic heterocycles. The van der Waals surface area contributed by atoms with Crippen molar-refractivity contribution in [3.63, 3.8) is 0 Å². The van der Waals surface area contributed by atoms with E-state index in [1.807, 2.05) is 36.9 Å². The van der Waals surface area contributed by atoms with Crippen LogP contribution in [-0.4, -0.2) is 87.1 Å². The number of β-lactam (4-membered cyclic amide) rings is 1. The van der Waals surface area contributed by atoms with Gasteiger partial charge < -0.3 is 31.5 Å². The minimum atomic E-state index is -5.02. The number of amides is 2. The summed E-state index contributed by atoms with van der Waals surface area (Å²) in [6, 6.07) is 7.74. The van der Waals surface area contributed by atoms with Crippen molar-refractivity contribution < 1.29 is 51.0 Å². The van der Waals surface area contributed by atoms with Gasteiger partial charge in [-0.15, -0.1) is 20.3 Å². The van der Waals surface area contributed by atoms with Crippen molar-refractivity contribution in [2.45, 2.75) is 51.4 Å². The van der Waals surface area contributed by atoms with Crippen molar-refractivity contribution >= 4 is 50.4 Å². The molecular weight excluding hydrogens is 660 g/mol. The van der Waals surface area contributed by atoms with Crippen LogP contribution in [-0.2, 0) is 47.5 Å². The predicted molar refractivity (Wildman–Crippen MR) is 166 cm³/mol. The number of aromatic nitrogens is 3. The first kappa shape index (κ1) is 35.2. The molecule has 0 radical (unpaired) electrons. The lowest BCUT2D eigenvalue weighted by Crippen LogP contribution is -2.76. The second-order valence-corrected chi connectivity index (χ2v) is 12.8. The summed E-state index contributed by atoms with van der Waals surface area (Å²) in [5.74, 6) is -3.11. The Bertz CT molecular complexity index is 1790. The molecule has 1 aromatic carbocycles. The monoisotopic (exact) mass is 695 g/mol. The van der Waals surface area contributed by atoms with Gasteiger partial charge in [-0.25, -0.2) is 9.78 Å². The summed E-state index contributed by atoms with van der Waals surface area (Å²) in [7, 11) is -3.05. The largest absolute Gasteiger partial charge is 0.489 e. The molecule has 0 spiro atoms. The Morgan fingerprint density at radius 1 is 1.28 bits per heavy atom. The molecule has 47 heavy (non-hydrogen) atoms. The Balaban J connectivity index is 1.47. The molecule has 20 heteroatoms. The molecule has 4 rings (SSSR count). The second-order valence-electron chi connectivity index (χ2n) is 10.9. The molecule has 18 nitrogen and oxygen atoms in total. The number of aliphatic carboxylic acids is 1. The fraction of sp³-hybridized carbons (Fsp3) is 0.407. The van der Waals surface area contributed by atoms with Gasteiger partial charge in [0.1, 0.15) is 24.1 Å². The molecule has 1 fully saturated rings. The molecule has 3 aromatic rings. The number of rotatable bonds is 15. The number of anilines is 1. The van der Waals surface area contributed by atoms with E-state index < -0.39 is 58.2 Å². The molecule has 0 bridgehead atoms. The van der Waals surface area contributed by atoms with E-state index in [1.54, 1.807) is 12.1 Å². The molecule has 254 valence electrons. The van der Waals surface area contributed by atoms with Gasteiger partial charge >= 0.3 is 16.4 Å². The standard InChI is InChI=1S/C27H34N8O10S2/c1-15-12-19(34(33(15)4)11-5-10-28)16-6-8-17(9-7-16)43-13-20(25(38)39)44-32-21(18-14-46-26(29)30-18)23(36)31-22-24(37)35(27(22,2)3)45-47(40,41)42/h6-9,12,14,20,22H,5,10-11,13,28H2,1-4H3,(H4-,29,30,31,36,38,39,40,41,42)/p+1. The number of carboxylic acids is 1. The molecule has 3 heterocycles. The van der Waals surface area contributed by atoms with Crippen LogP contribution >= 0.6 is 11.3 Å². The maximum absolute atomic E-state index is 13.2. The zero-order valence-corrected chi connectivity index (χ0v) is 27.4. The highest BCUT2D eigenvalue weighted by Crippen LogP contribution is 2.33. The van der Waals surface area contributed by atoms with Crippen LogP contribution in [0.1, 0.15) is 31.7 Å². The van der Waals surface area contributed by atoms with Crippen LogP contribution in [0, 0.1) is 6.92 Å². The van der Waals surface area contributed by atoms with Crippen LogP contribution in [0.4, 0.5) is 5.13 Å². The highest BCUT2D eigenvalue weighted by Gasteiger charge is 2.58. The molecule has 1 aliphatic rings. The Kier molecular flexibility index (Phi) is 10.5. The van der Waals surface area contributed by atoms with Crippen LogP contribution in [0.15, 0.2) is 40.9 Å². The van der Waals surface area contributed by atoms with Crippen molar-refractivity contribution in [2.75, 3.05) is 18.9 Å². The number of ether oxygens (including phenoxy) is 1. The quantitative estimate of drug-likeness (QED) is 0.0453. The maximum atomic E-state index is 13.2. The lowest BCUT2D eigenvalue weighted by atomic mass is 9.84. The van der Waals surface area contributed by atoms with Crippen molar-refractivity contribution in [3.8, 4) is 17.0 Å². The van der Waals surface area contributed by atoms with Gasteiger partial charge in [0.05, 0.1) is 18.3 Å². The summed E-state index contributed by atoms with van der Waals surface area (Å²) in [4.78, 5) is 46.9. The highest BCUT2D eigenvalue weighted by molar-refractivity contribution is 7.80. The summed E-state index contributed by atoms with van der Waals surface area (Å²) in [5.41, 5.74) is 12.3. The number of nitrogens with two attached hydrogens (primary N) is 2. The number of aryl methyl sites for hydroxylation is 1. The second kappa shape index (κ2) is 14.0. The Hall–Kier alpha value is -4.63. The zero-order valence-electron chi connectivity index (χ0n) is 25.8. The fourth-order valence-electron chi connectivity index (χ4n) is 4.64. The van der Waals surface area contributed by atoms with Crippen molar-refractivity contribution in [3.05, 3.63) is 47.1 Å². The van der Waals surface area contributed by atoms with E-state index >= 15 is 0 Å². The van der Waals surface area contributed by atoms with E-state index in [2.05, 4.69) is 24.4 Å². The highest BCUT2D eigenvalue weighted by atomic mass is 32.3. The molecule has 7 N–H and O–H groups in total. The topological polar surface area (TPSA) is 255 Å². The van der Waals surface area contributed by atoms with Gasteiger partial charge in [-0.05, 0) is 51.6 Å². The minimum Gasteiger partial charge on any atom is -0.489 e. The van der Waals surface area contributed by atoms with E-state index in [0.717, 1.165) is 41.3 Å². The number of hydrogen-bond acceptors (Lipinski definition) is 13. The van der Waals surface area contributed by atoms with Crippen LogP contribution < -0.4 is 26.2 Å². The Morgan fingerprint density at radius 3 is 2.51 bits per heavy atom. The third-order valence-electron chi connectivity index (χ3n) is 7.27. The molecule has 2 amide bonds. The third kappa shape index (κ3) is 8.03. The summed E-state index contributed by atoms with van der Waals surface area (Å²) >= 11 is 0.961. The number of hydroxylamine groups is 2. The van der Waals surface area contributed by atoms with E-state index in [0.29, 0.717) is 17.4 Å². The van der Waals surface area contributed by atoms with Crippen LogP contribution in [0.5, 0.6) is 5.75 Å². The molecule has 0 aliphatic carbocycles. The van der Waals surface area contributed by atoms with E-state index in [-0.39, 0.29) is 10.8 Å². The Morgan fingerprint density at radius 2 is 1.96 bits per heavy atom. The molecule has 0 saturated carbocycles. The van der Waals surface area contributed by atoms with Crippen molar-refractivity contribution in [2.24, 2.45) is 17.9 Å². The number of nitrogen functional groups attached to an aromatic ring is 1. The summed E-state index contributed by atoms with van der Waals surface area (Å²) in [6.07, 6.45) is -0.875. The number of nitrogens with one attached hydrogen (secondary N) is 1. The van der Waals surface area contributed by atoms with E-state index in [4.69, 9.17) is 25.6 Å². The maximum Gasteiger partial charge on any atom is 0.418 e. The number of carboxylic acid groups (broad SMARTS) is 1. The number of benzene rings is 1. The van der Waals surface area contributed by atoms with Crippen molar-refractivity contribution in [1.82, 2.24) is 20.0 Å². The van der Waals surface area contributed by atoms with Crippen LogP contribution in [0.2, 0.25) is 0 Å². The molecule has 2 aromatic heterocycles. The van der Waals surface area contributed by atoms with Crippen LogP contribution in [0.25, 0.3) is 11.3 Å². The summed E-state index contributed by atoms with van der Waals surface area (Å²) in [6.45, 7) is 5.51. The van der Waals surface area contributed by atoms with Gasteiger partial charge in [0.15, 0.2) is 17.4 Å². The Labute approximate surface area is 273 Å². The average molecular weight is 696 g/mol. The van der Waals surface area contributed by atoms with Gasteiger partial charge in [-0.2, -0.15) is 18.2 Å². The zero-order chi connectivity index (χ0) is 34.7. The third-order valence-corrected chi connectivity index (χ3v) is 8.28. The number of oxime groups is 1. The molecule has 2 unspecified atom stereocenters. The normalized spacial score (nSPS) is 16.8. The van der Waals surface area contributed by atoms with Gasteiger partial charge in [-0.1, -0.05) is 5.16 Å². The van der Waals surface area contributed by atoms with Gasteiger partial charge in [0.2, 0.25) is 5.69 Å². The smallest absolute Gasteiger partial charge is 0.418 e. The number of thiazole rings is 1. The molecular formula is C27H35N8O10S2+. The lowest BCUT2D eigenvalue weighted by Gasteiger charge is -2.50. The first-order chi connectivity index (χ1) is 22.0. The summed E-state index contributed by atoms with van der Waals surface area (Å²) < 4.78 is 45.2. The van der Waals surface area contributed by atoms with Crippen LogP contribution in [0.3, 0.4) is 0 Å². The van der Waals surface area contributed by atoms with Gasteiger partial charge in [0, 0.05) is 23.4 Å². The number of nitrogens with zero attached hydrogens (tertiary/aromatic N) is 5. The average Bonchev–Trinajstić information content (AvgIpc) is 3.56. The van der Waals surface area contributed by atoms with Crippen molar-refractivity contribution in [1.29, 1.82) is 0 Å². The van der Waals surface area contributed by atoms with E-state index in [1.165, 1.54) is 19.2 Å². The lowest BCUT2D eigenvalue weighted by molar-refractivity contribution is -0.764. The first-order valence-corrected chi connectivity index (χ1v) is 16.3. The fourth-order valence-corrected chi connectivity index (χ4v) is 5.64. The minimum absolute atomic E-state index is 0.0606. The van der Waals surface area contributed by atoms with Gasteiger partial charge in [0.25, 0.3) is 17.9 Å². The van der Waals surface area contributed by atoms with Gasteiger partial charge in [-0.3, -0.25) is 14.1 Å². The number of carbonyl (C=O) groups is 3. The SMILES string of the molecule is Cc1cc(-c2ccc(OCC(ON=C(C(=O)NC3C(=O)N(OS(=O)(=O)O)C3(C)C)c3csc(N)n3)C(=O)O)cc2)[n+](CCCN)n1C. The van der Waals surface area contributed by atoms with E-state index in [9.17, 15) is 27.9 Å². The molecule has 2 atom stereocenters. The predicted octanol–water partition coefficient (Wildman–Crippen LogP) is -0.232. The first-order valence-electron chi connectivity index (χ1n) is 14.0. The number of carbonyl (C=O) groups excluding carboxylic acids is 2. The molecule has 1 saturated heterocycles. The number of hydrogen-bond donors (Lipinski definition) is 5. The summed E-state index contributed by atoms with van der Waals surface area (Å²) in [5, 5.41) is 17.7.